The van der Waals surface area contributed by atoms with Crippen molar-refractivity contribution in [2.45, 2.75) is 24.9 Å². The van der Waals surface area contributed by atoms with Crippen LogP contribution in [0.1, 0.15) is 28.7 Å². The molecule has 1 aliphatic rings. The van der Waals surface area contributed by atoms with E-state index in [-0.39, 0.29) is 5.78 Å². The predicted molar refractivity (Wildman–Crippen MR) is 76.5 cm³/mol. The van der Waals surface area contributed by atoms with E-state index >= 15 is 0 Å². The second-order valence-corrected chi connectivity index (χ2v) is 5.49. The highest BCUT2D eigenvalue weighted by Crippen LogP contribution is 2.26. The van der Waals surface area contributed by atoms with Crippen molar-refractivity contribution >= 4 is 17.5 Å². The first-order valence-corrected chi connectivity index (χ1v) is 7.58. The molecule has 0 spiro atoms. The fourth-order valence-corrected chi connectivity index (χ4v) is 2.79. The number of fused-ring (bicyclic) bond motifs is 1. The Hall–Kier alpha value is -1.82. The number of hydrogen-bond donors (Lipinski definition) is 1. The van der Waals surface area contributed by atoms with Crippen molar-refractivity contribution in [2.75, 3.05) is 12.4 Å². The Morgan fingerprint density at radius 1 is 1.50 bits per heavy atom. The third-order valence-corrected chi connectivity index (χ3v) is 4.04. The summed E-state index contributed by atoms with van der Waals surface area (Å²) in [6.07, 6.45) is 1.69. The van der Waals surface area contributed by atoms with Gasteiger partial charge in [0, 0.05) is 18.4 Å². The zero-order valence-electron chi connectivity index (χ0n) is 11.2. The minimum atomic E-state index is 0.0903. The first-order chi connectivity index (χ1) is 9.76. The number of benzene rings is 1. The summed E-state index contributed by atoms with van der Waals surface area (Å²) in [5.74, 6) is 2.18. The average Bonchev–Trinajstić information content (AvgIpc) is 3.12. The fourth-order valence-electron chi connectivity index (χ4n) is 2.07. The van der Waals surface area contributed by atoms with Crippen molar-refractivity contribution in [1.82, 2.24) is 15.2 Å². The predicted octanol–water partition coefficient (Wildman–Crippen LogP) is 2.28. The number of aromatic nitrogens is 3. The summed E-state index contributed by atoms with van der Waals surface area (Å²) < 4.78 is 5.44. The van der Waals surface area contributed by atoms with Gasteiger partial charge in [0.1, 0.15) is 11.6 Å². The van der Waals surface area contributed by atoms with E-state index in [1.807, 2.05) is 25.1 Å². The van der Waals surface area contributed by atoms with Crippen LogP contribution in [0.4, 0.5) is 0 Å². The van der Waals surface area contributed by atoms with Gasteiger partial charge in [-0.05, 0) is 23.8 Å². The zero-order chi connectivity index (χ0) is 13.9. The molecular weight excluding hydrogens is 274 g/mol. The molecule has 1 N–H and O–H groups in total. The van der Waals surface area contributed by atoms with Crippen LogP contribution < -0.4 is 4.74 Å². The number of nitrogens with one attached hydrogen (secondary N) is 1. The van der Waals surface area contributed by atoms with Gasteiger partial charge in [-0.2, -0.15) is 0 Å². The normalized spacial score (nSPS) is 13.1. The van der Waals surface area contributed by atoms with Gasteiger partial charge in [-0.25, -0.2) is 4.98 Å². The Bertz CT molecular complexity index is 639. The van der Waals surface area contributed by atoms with Crippen LogP contribution in [-0.2, 0) is 12.8 Å². The molecule has 0 aliphatic carbocycles. The topological polar surface area (TPSA) is 67.9 Å². The summed E-state index contributed by atoms with van der Waals surface area (Å²) >= 11 is 1.36. The molecule has 0 saturated heterocycles. The molecule has 1 aromatic carbocycles. The number of aryl methyl sites for hydroxylation is 1. The van der Waals surface area contributed by atoms with Gasteiger partial charge in [0.15, 0.2) is 5.78 Å². The van der Waals surface area contributed by atoms with Gasteiger partial charge in [-0.15, -0.1) is 5.10 Å². The van der Waals surface area contributed by atoms with E-state index in [4.69, 9.17) is 4.74 Å². The van der Waals surface area contributed by atoms with E-state index in [2.05, 4.69) is 15.2 Å². The maximum atomic E-state index is 12.2. The van der Waals surface area contributed by atoms with Gasteiger partial charge >= 0.3 is 0 Å². The summed E-state index contributed by atoms with van der Waals surface area (Å²) in [6.45, 7) is 2.71. The van der Waals surface area contributed by atoms with Crippen LogP contribution in [0.5, 0.6) is 5.75 Å². The van der Waals surface area contributed by atoms with Crippen molar-refractivity contribution in [3.05, 3.63) is 35.2 Å². The highest BCUT2D eigenvalue weighted by atomic mass is 32.2. The Labute approximate surface area is 121 Å². The van der Waals surface area contributed by atoms with Gasteiger partial charge in [0.05, 0.1) is 12.4 Å². The van der Waals surface area contributed by atoms with Crippen LogP contribution in [0.15, 0.2) is 23.4 Å². The Balaban J connectivity index is 1.64. The van der Waals surface area contributed by atoms with Gasteiger partial charge in [0.2, 0.25) is 5.16 Å². The maximum Gasteiger partial charge on any atom is 0.208 e. The van der Waals surface area contributed by atoms with Crippen LogP contribution in [0, 0.1) is 0 Å². The van der Waals surface area contributed by atoms with E-state index < -0.39 is 0 Å². The maximum absolute atomic E-state index is 12.2. The number of rotatable bonds is 5. The van der Waals surface area contributed by atoms with Crippen LogP contribution in [0.25, 0.3) is 0 Å². The molecule has 0 fully saturated rings. The molecular formula is C14H15N3O2S. The molecule has 2 heterocycles. The second kappa shape index (κ2) is 5.66. The molecule has 3 rings (SSSR count). The zero-order valence-corrected chi connectivity index (χ0v) is 12.0. The number of hydrogen-bond acceptors (Lipinski definition) is 5. The molecule has 20 heavy (non-hydrogen) atoms. The molecule has 0 atom stereocenters. The van der Waals surface area contributed by atoms with Crippen molar-refractivity contribution in [3.8, 4) is 5.75 Å². The van der Waals surface area contributed by atoms with Gasteiger partial charge < -0.3 is 4.74 Å². The number of carbonyl (C=O) groups is 1. The number of nitrogens with zero attached hydrogens (tertiary/aromatic N) is 2. The first-order valence-electron chi connectivity index (χ1n) is 6.59. The van der Waals surface area contributed by atoms with Crippen LogP contribution >= 0.6 is 11.8 Å². The fraction of sp³-hybridized carbons (Fsp3) is 0.357. The monoisotopic (exact) mass is 289 g/mol. The molecule has 5 nitrogen and oxygen atoms in total. The molecule has 6 heteroatoms. The van der Waals surface area contributed by atoms with Crippen LogP contribution in [0.2, 0.25) is 0 Å². The van der Waals surface area contributed by atoms with Crippen molar-refractivity contribution in [1.29, 1.82) is 0 Å². The number of carbonyl (C=O) groups excluding carboxylic acids is 1. The van der Waals surface area contributed by atoms with Gasteiger partial charge in [-0.3, -0.25) is 9.89 Å². The Morgan fingerprint density at radius 2 is 2.40 bits per heavy atom. The Kier molecular flexibility index (Phi) is 3.73. The number of thioether (sulfide) groups is 1. The standard InChI is InChI=1S/C14H15N3O2S/c1-2-13-15-14(17-16-13)20-8-11(18)9-3-4-12-10(7-9)5-6-19-12/h3-4,7H,2,5-6,8H2,1H3,(H,15,16,17). The molecule has 0 bridgehead atoms. The molecule has 0 saturated carbocycles. The molecule has 0 radical (unpaired) electrons. The van der Waals surface area contributed by atoms with Gasteiger partial charge in [0.25, 0.3) is 0 Å². The van der Waals surface area contributed by atoms with E-state index in [1.54, 1.807) is 0 Å². The summed E-state index contributed by atoms with van der Waals surface area (Å²) in [4.78, 5) is 16.4. The quantitative estimate of drug-likeness (QED) is 0.675. The summed E-state index contributed by atoms with van der Waals surface area (Å²) in [5, 5.41) is 7.53. The lowest BCUT2D eigenvalue weighted by Gasteiger charge is -2.02. The van der Waals surface area contributed by atoms with Crippen LogP contribution in [-0.4, -0.2) is 33.3 Å². The summed E-state index contributed by atoms with van der Waals surface area (Å²) in [5.41, 5.74) is 1.85. The summed E-state index contributed by atoms with van der Waals surface area (Å²) in [7, 11) is 0. The van der Waals surface area contributed by atoms with E-state index in [9.17, 15) is 4.79 Å². The second-order valence-electron chi connectivity index (χ2n) is 4.55. The van der Waals surface area contributed by atoms with Crippen molar-refractivity contribution < 1.29 is 9.53 Å². The number of ether oxygens (including phenoxy) is 1. The number of ketones is 1. The molecule has 1 aliphatic heterocycles. The van der Waals surface area contributed by atoms with E-state index in [1.165, 1.54) is 11.8 Å². The SMILES string of the molecule is CCc1nc(SCC(=O)c2ccc3c(c2)CCO3)n[nH]1. The lowest BCUT2D eigenvalue weighted by molar-refractivity contribution is 0.102. The largest absolute Gasteiger partial charge is 0.493 e. The van der Waals surface area contributed by atoms with Crippen molar-refractivity contribution in [2.24, 2.45) is 0 Å². The van der Waals surface area contributed by atoms with Crippen LogP contribution in [0.3, 0.4) is 0 Å². The summed E-state index contributed by atoms with van der Waals surface area (Å²) in [6, 6.07) is 5.63. The third kappa shape index (κ3) is 2.70. The van der Waals surface area contributed by atoms with Crippen molar-refractivity contribution in [3.63, 3.8) is 0 Å². The first kappa shape index (κ1) is 13.2. The molecule has 104 valence electrons. The molecule has 1 aromatic heterocycles. The Morgan fingerprint density at radius 3 is 3.20 bits per heavy atom. The lowest BCUT2D eigenvalue weighted by Crippen LogP contribution is -2.03. The molecule has 0 amide bonds. The highest BCUT2D eigenvalue weighted by molar-refractivity contribution is 7.99. The smallest absolute Gasteiger partial charge is 0.208 e. The number of Topliss-reactive ketones (excluding diaryl/α,β-unsaturated/α-hetero) is 1. The van der Waals surface area contributed by atoms with E-state index in [0.717, 1.165) is 35.5 Å². The third-order valence-electron chi connectivity index (χ3n) is 3.19. The average molecular weight is 289 g/mol. The van der Waals surface area contributed by atoms with Gasteiger partial charge in [-0.1, -0.05) is 18.7 Å². The van der Waals surface area contributed by atoms with E-state index in [0.29, 0.717) is 17.5 Å². The molecule has 0 unspecified atom stereocenters. The number of aromatic amines is 1. The highest BCUT2D eigenvalue weighted by Gasteiger charge is 2.15. The minimum absolute atomic E-state index is 0.0903. The lowest BCUT2D eigenvalue weighted by atomic mass is 10.1. The number of H-pyrrole nitrogens is 1. The minimum Gasteiger partial charge on any atom is -0.493 e. The molecule has 2 aromatic rings.